The lowest BCUT2D eigenvalue weighted by Gasteiger charge is -2.23. The van der Waals surface area contributed by atoms with Crippen molar-refractivity contribution in [2.24, 2.45) is 0 Å². The van der Waals surface area contributed by atoms with E-state index >= 15 is 0 Å². The molecule has 0 unspecified atom stereocenters. The first-order chi connectivity index (χ1) is 8.17. The van der Waals surface area contributed by atoms with Crippen LogP contribution in [-0.4, -0.2) is 24.2 Å². The van der Waals surface area contributed by atoms with Gasteiger partial charge >= 0.3 is 5.97 Å². The number of anilines is 1. The number of nitrogens with zero attached hydrogens (tertiary/aromatic N) is 1. The average Bonchev–Trinajstić information content (AvgIpc) is 2.29. The summed E-state index contributed by atoms with van der Waals surface area (Å²) in [6.07, 6.45) is 2.34. The molecule has 3 heteroatoms. The molecule has 0 aliphatic rings. The second-order valence-electron chi connectivity index (χ2n) is 4.22. The number of carboxylic acids is 1. The monoisotopic (exact) mass is 235 g/mol. The molecule has 1 aromatic carbocycles. The third-order valence-electron chi connectivity index (χ3n) is 2.64. The molecular formula is C14H21NO2. The van der Waals surface area contributed by atoms with Crippen molar-refractivity contribution in [1.82, 2.24) is 0 Å². The van der Waals surface area contributed by atoms with E-state index in [-0.39, 0.29) is 6.42 Å². The van der Waals surface area contributed by atoms with Crippen LogP contribution in [0.15, 0.2) is 24.3 Å². The van der Waals surface area contributed by atoms with Crippen LogP contribution in [0.4, 0.5) is 5.69 Å². The van der Waals surface area contributed by atoms with E-state index in [0.29, 0.717) is 0 Å². The molecule has 0 fully saturated rings. The second-order valence-corrected chi connectivity index (χ2v) is 4.22. The highest BCUT2D eigenvalue weighted by atomic mass is 16.4. The molecule has 0 aromatic heterocycles. The molecule has 0 radical (unpaired) electrons. The van der Waals surface area contributed by atoms with Gasteiger partial charge in [-0.2, -0.15) is 0 Å². The van der Waals surface area contributed by atoms with Crippen LogP contribution in [-0.2, 0) is 11.2 Å². The number of benzene rings is 1. The molecule has 0 atom stereocenters. The maximum absolute atomic E-state index is 10.6. The van der Waals surface area contributed by atoms with Crippen molar-refractivity contribution in [3.63, 3.8) is 0 Å². The van der Waals surface area contributed by atoms with Crippen molar-refractivity contribution in [1.29, 1.82) is 0 Å². The summed E-state index contributed by atoms with van der Waals surface area (Å²) in [5.41, 5.74) is 2.04. The maximum Gasteiger partial charge on any atom is 0.307 e. The summed E-state index contributed by atoms with van der Waals surface area (Å²) >= 11 is 0. The summed E-state index contributed by atoms with van der Waals surface area (Å²) in [5.74, 6) is -0.781. The van der Waals surface area contributed by atoms with Crippen LogP contribution in [0.25, 0.3) is 0 Å². The van der Waals surface area contributed by atoms with Crippen molar-refractivity contribution in [3.05, 3.63) is 29.8 Å². The number of aliphatic carboxylic acids is 1. The van der Waals surface area contributed by atoms with Crippen LogP contribution >= 0.6 is 0 Å². The zero-order valence-electron chi connectivity index (χ0n) is 10.6. The van der Waals surface area contributed by atoms with Gasteiger partial charge in [0.05, 0.1) is 6.42 Å². The van der Waals surface area contributed by atoms with Crippen molar-refractivity contribution in [2.45, 2.75) is 33.1 Å². The van der Waals surface area contributed by atoms with Crippen molar-refractivity contribution in [2.75, 3.05) is 18.0 Å². The molecule has 0 bridgehead atoms. The molecule has 3 nitrogen and oxygen atoms in total. The lowest BCUT2D eigenvalue weighted by molar-refractivity contribution is -0.136. The van der Waals surface area contributed by atoms with Crippen LogP contribution in [0, 0.1) is 0 Å². The van der Waals surface area contributed by atoms with E-state index in [2.05, 4.69) is 18.7 Å². The molecular weight excluding hydrogens is 214 g/mol. The van der Waals surface area contributed by atoms with Gasteiger partial charge in [0.1, 0.15) is 0 Å². The zero-order valence-corrected chi connectivity index (χ0v) is 10.6. The standard InChI is InChI=1S/C14H21NO2/c1-3-9-15(10-4-2)13-7-5-12(6-8-13)11-14(16)17/h5-8H,3-4,9-11H2,1-2H3,(H,16,17). The van der Waals surface area contributed by atoms with Gasteiger partial charge in [-0.05, 0) is 30.5 Å². The Morgan fingerprint density at radius 3 is 2.06 bits per heavy atom. The summed E-state index contributed by atoms with van der Waals surface area (Å²) in [6, 6.07) is 7.84. The SMILES string of the molecule is CCCN(CCC)c1ccc(CC(=O)O)cc1. The van der Waals surface area contributed by atoms with Gasteiger partial charge in [-0.1, -0.05) is 26.0 Å². The van der Waals surface area contributed by atoms with Gasteiger partial charge in [-0.15, -0.1) is 0 Å². The fourth-order valence-electron chi connectivity index (χ4n) is 1.91. The Kier molecular flexibility index (Phi) is 5.53. The number of carboxylic acid groups (broad SMARTS) is 1. The molecule has 1 N–H and O–H groups in total. The van der Waals surface area contributed by atoms with Gasteiger partial charge in [0.2, 0.25) is 0 Å². The minimum absolute atomic E-state index is 0.0990. The lowest BCUT2D eigenvalue weighted by Crippen LogP contribution is -2.24. The predicted octanol–water partition coefficient (Wildman–Crippen LogP) is 2.94. The largest absolute Gasteiger partial charge is 0.481 e. The Hall–Kier alpha value is -1.51. The van der Waals surface area contributed by atoms with Crippen molar-refractivity contribution < 1.29 is 9.90 Å². The normalized spacial score (nSPS) is 10.2. The molecule has 1 rings (SSSR count). The summed E-state index contributed by atoms with van der Waals surface area (Å²) in [6.45, 7) is 6.43. The topological polar surface area (TPSA) is 40.5 Å². The minimum atomic E-state index is -0.781. The molecule has 0 saturated carbocycles. The Bertz CT molecular complexity index is 340. The molecule has 0 heterocycles. The highest BCUT2D eigenvalue weighted by Gasteiger charge is 2.05. The lowest BCUT2D eigenvalue weighted by atomic mass is 10.1. The number of rotatable bonds is 7. The van der Waals surface area contributed by atoms with Crippen molar-refractivity contribution in [3.8, 4) is 0 Å². The van der Waals surface area contributed by atoms with E-state index in [1.165, 1.54) is 5.69 Å². The predicted molar refractivity (Wildman–Crippen MR) is 70.6 cm³/mol. The summed E-state index contributed by atoms with van der Waals surface area (Å²) in [4.78, 5) is 12.9. The summed E-state index contributed by atoms with van der Waals surface area (Å²) in [7, 11) is 0. The van der Waals surface area contributed by atoms with E-state index < -0.39 is 5.97 Å². The van der Waals surface area contributed by atoms with E-state index in [1.807, 2.05) is 24.3 Å². The first kappa shape index (κ1) is 13.6. The van der Waals surface area contributed by atoms with E-state index in [4.69, 9.17) is 5.11 Å². The molecule has 0 spiro atoms. The van der Waals surface area contributed by atoms with Gasteiger partial charge in [-0.25, -0.2) is 0 Å². The maximum atomic E-state index is 10.6. The molecule has 0 saturated heterocycles. The highest BCUT2D eigenvalue weighted by molar-refractivity contribution is 5.70. The first-order valence-corrected chi connectivity index (χ1v) is 6.23. The summed E-state index contributed by atoms with van der Waals surface area (Å²) < 4.78 is 0. The number of hydrogen-bond donors (Lipinski definition) is 1. The molecule has 0 amide bonds. The first-order valence-electron chi connectivity index (χ1n) is 6.23. The van der Waals surface area contributed by atoms with Crippen LogP contribution in [0.2, 0.25) is 0 Å². The summed E-state index contributed by atoms with van der Waals surface area (Å²) in [5, 5.41) is 8.70. The van der Waals surface area contributed by atoms with Gasteiger partial charge in [0.25, 0.3) is 0 Å². The fraction of sp³-hybridized carbons (Fsp3) is 0.500. The smallest absolute Gasteiger partial charge is 0.307 e. The van der Waals surface area contributed by atoms with Crippen LogP contribution in [0.3, 0.4) is 0 Å². The molecule has 17 heavy (non-hydrogen) atoms. The Morgan fingerprint density at radius 1 is 1.12 bits per heavy atom. The molecule has 1 aromatic rings. The van der Waals surface area contributed by atoms with E-state index in [9.17, 15) is 4.79 Å². The zero-order chi connectivity index (χ0) is 12.7. The minimum Gasteiger partial charge on any atom is -0.481 e. The average molecular weight is 235 g/mol. The van der Waals surface area contributed by atoms with E-state index in [1.54, 1.807) is 0 Å². The highest BCUT2D eigenvalue weighted by Crippen LogP contribution is 2.16. The molecule has 0 aliphatic heterocycles. The Balaban J connectivity index is 2.72. The van der Waals surface area contributed by atoms with Crippen molar-refractivity contribution >= 4 is 11.7 Å². The van der Waals surface area contributed by atoms with Gasteiger partial charge in [0, 0.05) is 18.8 Å². The third-order valence-corrected chi connectivity index (χ3v) is 2.64. The van der Waals surface area contributed by atoms with Gasteiger partial charge < -0.3 is 10.0 Å². The van der Waals surface area contributed by atoms with Crippen LogP contribution in [0.1, 0.15) is 32.3 Å². The Morgan fingerprint density at radius 2 is 1.65 bits per heavy atom. The molecule has 94 valence electrons. The van der Waals surface area contributed by atoms with Crippen LogP contribution < -0.4 is 4.90 Å². The van der Waals surface area contributed by atoms with Gasteiger partial charge in [0.15, 0.2) is 0 Å². The molecule has 0 aliphatic carbocycles. The second kappa shape index (κ2) is 6.94. The number of hydrogen-bond acceptors (Lipinski definition) is 2. The Labute approximate surface area is 103 Å². The fourth-order valence-corrected chi connectivity index (χ4v) is 1.91. The van der Waals surface area contributed by atoms with Gasteiger partial charge in [-0.3, -0.25) is 4.79 Å². The quantitative estimate of drug-likeness (QED) is 0.790. The third kappa shape index (κ3) is 4.47. The number of carbonyl (C=O) groups is 1. The van der Waals surface area contributed by atoms with Crippen LogP contribution in [0.5, 0.6) is 0 Å². The van der Waals surface area contributed by atoms with E-state index in [0.717, 1.165) is 31.5 Å².